The van der Waals surface area contributed by atoms with E-state index >= 15 is 0 Å². The zero-order chi connectivity index (χ0) is 17.8. The van der Waals surface area contributed by atoms with Gasteiger partial charge >= 0.3 is 11.1 Å². The van der Waals surface area contributed by atoms with Crippen molar-refractivity contribution in [3.05, 3.63) is 80.6 Å². The van der Waals surface area contributed by atoms with Crippen LogP contribution in [0.5, 0.6) is 0 Å². The van der Waals surface area contributed by atoms with Gasteiger partial charge in [0.1, 0.15) is 5.82 Å². The highest BCUT2D eigenvalue weighted by atomic mass is 19.1. The fraction of sp³-hybridized carbons (Fsp3) is 0.167. The Balaban J connectivity index is 1.70. The Hall–Kier alpha value is -3.22. The third-order valence-corrected chi connectivity index (χ3v) is 3.85. The molecule has 0 saturated carbocycles. The molecule has 128 valence electrons. The molecule has 2 N–H and O–H groups in total. The first kappa shape index (κ1) is 16.6. The average Bonchev–Trinajstić information content (AvgIpc) is 2.60. The highest BCUT2D eigenvalue weighted by Crippen LogP contribution is 2.08. The minimum absolute atomic E-state index is 0.0856. The molecule has 0 fully saturated rings. The number of para-hydroxylation sites is 2. The SMILES string of the molecule is O=C(Cc1ccccc1F)NCCn1c(=O)c(=O)[nH]c2ccccc21. The number of aromatic amines is 1. The first-order valence-electron chi connectivity index (χ1n) is 7.78. The number of nitrogens with one attached hydrogen (secondary N) is 2. The van der Waals surface area contributed by atoms with Gasteiger partial charge in [0.2, 0.25) is 5.91 Å². The summed E-state index contributed by atoms with van der Waals surface area (Å²) >= 11 is 0. The zero-order valence-electron chi connectivity index (χ0n) is 13.3. The summed E-state index contributed by atoms with van der Waals surface area (Å²) in [5.74, 6) is -0.790. The van der Waals surface area contributed by atoms with Gasteiger partial charge in [0.15, 0.2) is 0 Å². The molecule has 0 atom stereocenters. The van der Waals surface area contributed by atoms with Gasteiger partial charge in [-0.05, 0) is 23.8 Å². The Bertz CT molecular complexity index is 1040. The number of fused-ring (bicyclic) bond motifs is 1. The fourth-order valence-electron chi connectivity index (χ4n) is 2.63. The molecule has 3 aromatic rings. The van der Waals surface area contributed by atoms with Gasteiger partial charge in [0, 0.05) is 13.1 Å². The lowest BCUT2D eigenvalue weighted by atomic mass is 10.1. The van der Waals surface area contributed by atoms with Crippen LogP contribution >= 0.6 is 0 Å². The minimum atomic E-state index is -0.712. The largest absolute Gasteiger partial charge is 0.354 e. The summed E-state index contributed by atoms with van der Waals surface area (Å²) < 4.78 is 14.9. The number of amides is 1. The molecule has 1 amide bonds. The molecule has 2 aromatic carbocycles. The number of carbonyl (C=O) groups excluding carboxylic acids is 1. The number of H-pyrrole nitrogens is 1. The third kappa shape index (κ3) is 3.65. The van der Waals surface area contributed by atoms with Gasteiger partial charge in [-0.3, -0.25) is 14.4 Å². The molecule has 0 unspecified atom stereocenters. The molecule has 0 spiro atoms. The lowest BCUT2D eigenvalue weighted by molar-refractivity contribution is -0.120. The number of nitrogens with zero attached hydrogens (tertiary/aromatic N) is 1. The van der Waals surface area contributed by atoms with Crippen LogP contribution in [0.1, 0.15) is 5.56 Å². The van der Waals surface area contributed by atoms with Crippen molar-refractivity contribution in [2.45, 2.75) is 13.0 Å². The quantitative estimate of drug-likeness (QED) is 0.684. The summed E-state index contributed by atoms with van der Waals surface area (Å²) in [6, 6.07) is 13.0. The predicted molar refractivity (Wildman–Crippen MR) is 91.9 cm³/mol. The molecule has 1 aromatic heterocycles. The van der Waals surface area contributed by atoms with Crippen molar-refractivity contribution in [2.24, 2.45) is 0 Å². The number of halogens is 1. The Morgan fingerprint density at radius 2 is 1.80 bits per heavy atom. The van der Waals surface area contributed by atoms with Crippen LogP contribution in [0.25, 0.3) is 11.0 Å². The van der Waals surface area contributed by atoms with E-state index in [1.54, 1.807) is 42.5 Å². The highest BCUT2D eigenvalue weighted by molar-refractivity contribution is 5.78. The second-order valence-electron chi connectivity index (χ2n) is 5.55. The van der Waals surface area contributed by atoms with E-state index in [1.165, 1.54) is 10.6 Å². The molecular formula is C18H16FN3O3. The average molecular weight is 341 g/mol. The molecule has 0 aliphatic carbocycles. The van der Waals surface area contributed by atoms with E-state index in [4.69, 9.17) is 0 Å². The van der Waals surface area contributed by atoms with Gasteiger partial charge in [-0.2, -0.15) is 0 Å². The highest BCUT2D eigenvalue weighted by Gasteiger charge is 2.09. The van der Waals surface area contributed by atoms with Crippen molar-refractivity contribution in [1.82, 2.24) is 14.9 Å². The molecule has 3 rings (SSSR count). The summed E-state index contributed by atoms with van der Waals surface area (Å²) in [5, 5.41) is 2.64. The van der Waals surface area contributed by atoms with Gasteiger partial charge in [-0.1, -0.05) is 30.3 Å². The van der Waals surface area contributed by atoms with E-state index in [0.717, 1.165) is 0 Å². The summed E-state index contributed by atoms with van der Waals surface area (Å²) in [7, 11) is 0. The van der Waals surface area contributed by atoms with Gasteiger partial charge in [0.25, 0.3) is 0 Å². The van der Waals surface area contributed by atoms with Gasteiger partial charge in [0.05, 0.1) is 17.5 Å². The lowest BCUT2D eigenvalue weighted by Gasteiger charge is -2.10. The summed E-state index contributed by atoms with van der Waals surface area (Å²) in [6.07, 6.45) is -0.0856. The molecule has 7 heteroatoms. The zero-order valence-corrected chi connectivity index (χ0v) is 13.3. The van der Waals surface area contributed by atoms with E-state index in [0.29, 0.717) is 16.6 Å². The van der Waals surface area contributed by atoms with Crippen LogP contribution in [0.2, 0.25) is 0 Å². The van der Waals surface area contributed by atoms with Crippen LogP contribution < -0.4 is 16.4 Å². The molecule has 0 saturated heterocycles. The topological polar surface area (TPSA) is 84.0 Å². The van der Waals surface area contributed by atoms with Crippen molar-refractivity contribution in [3.63, 3.8) is 0 Å². The molecule has 0 aliphatic heterocycles. The van der Waals surface area contributed by atoms with E-state index < -0.39 is 16.9 Å². The second-order valence-corrected chi connectivity index (χ2v) is 5.55. The minimum Gasteiger partial charge on any atom is -0.354 e. The van der Waals surface area contributed by atoms with Crippen LogP contribution in [0, 0.1) is 5.82 Å². The summed E-state index contributed by atoms with van der Waals surface area (Å²) in [5.41, 5.74) is 0.0393. The van der Waals surface area contributed by atoms with Crippen LogP contribution in [-0.2, 0) is 17.8 Å². The molecule has 1 heterocycles. The maximum absolute atomic E-state index is 13.5. The number of benzene rings is 2. The number of carbonyl (C=O) groups is 1. The Kier molecular flexibility index (Phi) is 4.74. The maximum Gasteiger partial charge on any atom is 0.316 e. The van der Waals surface area contributed by atoms with E-state index in [-0.39, 0.29) is 25.4 Å². The van der Waals surface area contributed by atoms with Crippen molar-refractivity contribution in [2.75, 3.05) is 6.54 Å². The van der Waals surface area contributed by atoms with Gasteiger partial charge < -0.3 is 14.9 Å². The van der Waals surface area contributed by atoms with Crippen LogP contribution in [0.15, 0.2) is 58.1 Å². The standard InChI is InChI=1S/C18H16FN3O3/c19-13-6-2-1-5-12(13)11-16(23)20-9-10-22-15-8-4-3-7-14(15)21-17(24)18(22)25/h1-8H,9-11H2,(H,20,23)(H,21,24). The fourth-order valence-corrected chi connectivity index (χ4v) is 2.63. The van der Waals surface area contributed by atoms with Gasteiger partial charge in [-0.25, -0.2) is 4.39 Å². The Labute approximate surface area is 141 Å². The summed E-state index contributed by atoms with van der Waals surface area (Å²) in [6.45, 7) is 0.299. The normalized spacial score (nSPS) is 10.8. The molecule has 0 bridgehead atoms. The Morgan fingerprint density at radius 3 is 2.60 bits per heavy atom. The smallest absolute Gasteiger partial charge is 0.316 e. The Morgan fingerprint density at radius 1 is 1.08 bits per heavy atom. The van der Waals surface area contributed by atoms with Crippen LogP contribution in [0.3, 0.4) is 0 Å². The molecule has 25 heavy (non-hydrogen) atoms. The van der Waals surface area contributed by atoms with E-state index in [1.807, 2.05) is 0 Å². The summed E-state index contributed by atoms with van der Waals surface area (Å²) in [4.78, 5) is 38.2. The molecule has 0 aliphatic rings. The first-order chi connectivity index (χ1) is 12.1. The van der Waals surface area contributed by atoms with Crippen molar-refractivity contribution < 1.29 is 9.18 Å². The van der Waals surface area contributed by atoms with E-state index in [2.05, 4.69) is 10.3 Å². The van der Waals surface area contributed by atoms with Gasteiger partial charge in [-0.15, -0.1) is 0 Å². The van der Waals surface area contributed by atoms with Crippen molar-refractivity contribution in [3.8, 4) is 0 Å². The monoisotopic (exact) mass is 341 g/mol. The number of hydrogen-bond donors (Lipinski definition) is 2. The number of hydrogen-bond acceptors (Lipinski definition) is 3. The second kappa shape index (κ2) is 7.12. The molecular weight excluding hydrogens is 325 g/mol. The first-order valence-corrected chi connectivity index (χ1v) is 7.78. The molecule has 0 radical (unpaired) electrons. The number of aromatic nitrogens is 2. The van der Waals surface area contributed by atoms with Crippen molar-refractivity contribution >= 4 is 16.9 Å². The van der Waals surface area contributed by atoms with Crippen molar-refractivity contribution in [1.29, 1.82) is 0 Å². The maximum atomic E-state index is 13.5. The predicted octanol–water partition coefficient (Wildman–Crippen LogP) is 1.19. The lowest BCUT2D eigenvalue weighted by Crippen LogP contribution is -2.39. The van der Waals surface area contributed by atoms with E-state index in [9.17, 15) is 18.8 Å². The molecule has 6 nitrogen and oxygen atoms in total. The number of rotatable bonds is 5. The third-order valence-electron chi connectivity index (χ3n) is 3.85. The van der Waals surface area contributed by atoms with Crippen LogP contribution in [0.4, 0.5) is 4.39 Å². The van der Waals surface area contributed by atoms with Crippen LogP contribution in [-0.4, -0.2) is 22.0 Å².